The molecule has 0 bridgehead atoms. The minimum atomic E-state index is -0.300. The van der Waals surface area contributed by atoms with Crippen molar-refractivity contribution in [2.24, 2.45) is 10.5 Å². The SMILES string of the molecule is COc1cc(C=Nn2c(-c3cc4ccccc4o3)nc3ccccc3c2=O)c(Br)cc1OCC(C)(C)C. The molecular formula is C29H26BrN3O4. The van der Waals surface area contributed by atoms with E-state index in [1.807, 2.05) is 48.5 Å². The van der Waals surface area contributed by atoms with E-state index in [0.29, 0.717) is 51.7 Å². The highest BCUT2D eigenvalue weighted by atomic mass is 79.9. The summed E-state index contributed by atoms with van der Waals surface area (Å²) in [5.74, 6) is 1.94. The molecule has 0 unspecified atom stereocenters. The zero-order valence-electron chi connectivity index (χ0n) is 21.0. The number of ether oxygens (including phenoxy) is 2. The molecule has 0 fully saturated rings. The second-order valence-electron chi connectivity index (χ2n) is 9.84. The van der Waals surface area contributed by atoms with Gasteiger partial charge in [0.2, 0.25) is 5.82 Å². The van der Waals surface area contributed by atoms with Crippen molar-refractivity contribution >= 4 is 44.0 Å². The number of methoxy groups -OCH3 is 1. The third-order valence-corrected chi connectivity index (χ3v) is 6.34. The van der Waals surface area contributed by atoms with Gasteiger partial charge in [-0.25, -0.2) is 4.98 Å². The molecule has 0 spiro atoms. The van der Waals surface area contributed by atoms with E-state index >= 15 is 0 Å². The van der Waals surface area contributed by atoms with Gasteiger partial charge in [-0.1, -0.05) is 51.1 Å². The third kappa shape index (κ3) is 5.15. The lowest BCUT2D eigenvalue weighted by Gasteiger charge is -2.20. The zero-order valence-corrected chi connectivity index (χ0v) is 22.6. The van der Waals surface area contributed by atoms with Gasteiger partial charge >= 0.3 is 0 Å². The second-order valence-corrected chi connectivity index (χ2v) is 10.7. The summed E-state index contributed by atoms with van der Waals surface area (Å²) in [6.45, 7) is 6.83. The Hall–Kier alpha value is -3.91. The number of nitrogens with zero attached hydrogens (tertiary/aromatic N) is 3. The largest absolute Gasteiger partial charge is 0.493 e. The minimum absolute atomic E-state index is 0.00504. The van der Waals surface area contributed by atoms with Crippen molar-refractivity contribution in [3.05, 3.63) is 87.1 Å². The average molecular weight is 560 g/mol. The van der Waals surface area contributed by atoms with Crippen LogP contribution in [0.25, 0.3) is 33.5 Å². The predicted octanol–water partition coefficient (Wildman–Crippen LogP) is 6.89. The Balaban J connectivity index is 1.61. The van der Waals surface area contributed by atoms with Gasteiger partial charge in [-0.3, -0.25) is 4.79 Å². The lowest BCUT2D eigenvalue weighted by molar-refractivity contribution is 0.191. The summed E-state index contributed by atoms with van der Waals surface area (Å²) < 4.78 is 19.6. The van der Waals surface area contributed by atoms with Crippen LogP contribution in [0.15, 0.2) is 85.5 Å². The van der Waals surface area contributed by atoms with Crippen LogP contribution in [0.3, 0.4) is 0 Å². The molecule has 2 heterocycles. The number of para-hydroxylation sites is 2. The van der Waals surface area contributed by atoms with E-state index in [1.165, 1.54) is 4.68 Å². The van der Waals surface area contributed by atoms with Crippen LogP contribution in [0, 0.1) is 5.41 Å². The van der Waals surface area contributed by atoms with Gasteiger partial charge in [0.05, 0.1) is 30.8 Å². The van der Waals surface area contributed by atoms with Gasteiger partial charge in [-0.2, -0.15) is 9.78 Å². The Morgan fingerprint density at radius 3 is 2.57 bits per heavy atom. The summed E-state index contributed by atoms with van der Waals surface area (Å²) >= 11 is 3.60. The Morgan fingerprint density at radius 1 is 1.05 bits per heavy atom. The molecule has 5 rings (SSSR count). The Morgan fingerprint density at radius 2 is 1.81 bits per heavy atom. The average Bonchev–Trinajstić information content (AvgIpc) is 3.31. The summed E-state index contributed by atoms with van der Waals surface area (Å²) in [5, 5.41) is 5.93. The fraction of sp³-hybridized carbons (Fsp3) is 0.207. The molecule has 37 heavy (non-hydrogen) atoms. The Kier molecular flexibility index (Phi) is 6.60. The first kappa shape index (κ1) is 24.8. The fourth-order valence-electron chi connectivity index (χ4n) is 3.82. The van der Waals surface area contributed by atoms with E-state index in [-0.39, 0.29) is 11.0 Å². The Bertz CT molecular complexity index is 1660. The van der Waals surface area contributed by atoms with E-state index in [4.69, 9.17) is 18.9 Å². The normalized spacial score (nSPS) is 12.0. The minimum Gasteiger partial charge on any atom is -0.493 e. The predicted molar refractivity (Wildman–Crippen MR) is 150 cm³/mol. The van der Waals surface area contributed by atoms with E-state index in [0.717, 1.165) is 9.86 Å². The number of fused-ring (bicyclic) bond motifs is 2. The number of halogens is 1. The first-order chi connectivity index (χ1) is 17.7. The third-order valence-electron chi connectivity index (χ3n) is 5.66. The van der Waals surface area contributed by atoms with Gasteiger partial charge < -0.3 is 13.9 Å². The number of hydrogen-bond acceptors (Lipinski definition) is 6. The molecule has 0 aliphatic rings. The van der Waals surface area contributed by atoms with Crippen LogP contribution < -0.4 is 15.0 Å². The van der Waals surface area contributed by atoms with E-state index < -0.39 is 0 Å². The molecule has 0 aliphatic heterocycles. The molecule has 2 aromatic heterocycles. The lowest BCUT2D eigenvalue weighted by atomic mass is 9.99. The summed E-state index contributed by atoms with van der Waals surface area (Å²) in [6, 6.07) is 20.3. The summed E-state index contributed by atoms with van der Waals surface area (Å²) in [4.78, 5) is 18.2. The molecule has 7 nitrogen and oxygen atoms in total. The Labute approximate surface area is 222 Å². The highest BCUT2D eigenvalue weighted by molar-refractivity contribution is 9.10. The van der Waals surface area contributed by atoms with Crippen LogP contribution in [-0.2, 0) is 0 Å². The summed E-state index contributed by atoms with van der Waals surface area (Å²) in [7, 11) is 1.59. The van der Waals surface area contributed by atoms with Crippen LogP contribution in [0.4, 0.5) is 0 Å². The van der Waals surface area contributed by atoms with Crippen LogP contribution in [-0.4, -0.2) is 29.6 Å². The van der Waals surface area contributed by atoms with E-state index in [9.17, 15) is 4.79 Å². The molecule has 188 valence electrons. The van der Waals surface area contributed by atoms with Gasteiger partial charge in [0, 0.05) is 15.4 Å². The maximum absolute atomic E-state index is 13.5. The smallest absolute Gasteiger partial charge is 0.282 e. The molecule has 5 aromatic rings. The number of benzene rings is 3. The number of aromatic nitrogens is 2. The highest BCUT2D eigenvalue weighted by Gasteiger charge is 2.18. The molecular weight excluding hydrogens is 534 g/mol. The highest BCUT2D eigenvalue weighted by Crippen LogP contribution is 2.34. The zero-order chi connectivity index (χ0) is 26.2. The number of hydrogen-bond donors (Lipinski definition) is 0. The molecule has 0 atom stereocenters. The molecule has 3 aromatic carbocycles. The van der Waals surface area contributed by atoms with Crippen LogP contribution >= 0.6 is 15.9 Å². The molecule has 0 radical (unpaired) electrons. The second kappa shape index (κ2) is 9.86. The maximum Gasteiger partial charge on any atom is 0.282 e. The standard InChI is InChI=1S/C29H26BrN3O4/c1-29(2,3)17-36-25-15-21(30)19(14-24(25)35-4)16-31-33-27(26-13-18-9-5-8-12-23(18)37-26)32-22-11-7-6-10-20(22)28(33)34/h5-16H,17H2,1-4H3. The quantitative estimate of drug-likeness (QED) is 0.212. The van der Waals surface area contributed by atoms with Crippen molar-refractivity contribution < 1.29 is 13.9 Å². The van der Waals surface area contributed by atoms with Crippen molar-refractivity contribution in [1.29, 1.82) is 0 Å². The van der Waals surface area contributed by atoms with Crippen molar-refractivity contribution in [3.8, 4) is 23.1 Å². The molecule has 0 amide bonds. The number of furan rings is 1. The summed E-state index contributed by atoms with van der Waals surface area (Å²) in [6.07, 6.45) is 1.59. The lowest BCUT2D eigenvalue weighted by Crippen LogP contribution is -2.20. The van der Waals surface area contributed by atoms with E-state index in [2.05, 4.69) is 41.8 Å². The molecule has 0 aliphatic carbocycles. The van der Waals surface area contributed by atoms with Gasteiger partial charge in [0.25, 0.3) is 5.56 Å². The van der Waals surface area contributed by atoms with Gasteiger partial charge in [0.15, 0.2) is 17.3 Å². The fourth-order valence-corrected chi connectivity index (χ4v) is 4.24. The first-order valence-corrected chi connectivity index (χ1v) is 12.6. The van der Waals surface area contributed by atoms with Gasteiger partial charge in [-0.05, 0) is 57.7 Å². The monoisotopic (exact) mass is 559 g/mol. The van der Waals surface area contributed by atoms with Crippen LogP contribution in [0.1, 0.15) is 26.3 Å². The van der Waals surface area contributed by atoms with Crippen molar-refractivity contribution in [2.45, 2.75) is 20.8 Å². The molecule has 0 saturated carbocycles. The van der Waals surface area contributed by atoms with Crippen LogP contribution in [0.5, 0.6) is 11.5 Å². The molecule has 8 heteroatoms. The van der Waals surface area contributed by atoms with Crippen molar-refractivity contribution in [3.63, 3.8) is 0 Å². The first-order valence-electron chi connectivity index (χ1n) is 11.8. The topological polar surface area (TPSA) is 78.9 Å². The van der Waals surface area contributed by atoms with Crippen LogP contribution in [0.2, 0.25) is 0 Å². The van der Waals surface area contributed by atoms with Gasteiger partial charge in [-0.15, -0.1) is 0 Å². The molecule has 0 N–H and O–H groups in total. The van der Waals surface area contributed by atoms with Crippen molar-refractivity contribution in [1.82, 2.24) is 9.66 Å². The number of rotatable bonds is 6. The summed E-state index contributed by atoms with van der Waals surface area (Å²) in [5.41, 5.74) is 1.67. The maximum atomic E-state index is 13.5. The molecule has 0 saturated heterocycles. The van der Waals surface area contributed by atoms with Crippen molar-refractivity contribution in [2.75, 3.05) is 13.7 Å². The van der Waals surface area contributed by atoms with E-state index in [1.54, 1.807) is 31.5 Å². The van der Waals surface area contributed by atoms with Gasteiger partial charge in [0.1, 0.15) is 5.58 Å².